The number of hydrogen-bond acceptors (Lipinski definition) is 4. The zero-order valence-electron chi connectivity index (χ0n) is 14.3. The van der Waals surface area contributed by atoms with Gasteiger partial charge in [-0.2, -0.15) is 0 Å². The molecule has 1 aromatic rings. The Balaban J connectivity index is 0.00000225. The van der Waals surface area contributed by atoms with Crippen LogP contribution < -0.4 is 20.5 Å². The SMILES string of the molecule is Cl.NCC(NC(=O)Cc1cc(Cl)c2c(c1)OCCO2)C1CCCCC1. The molecule has 1 amide bonds. The Morgan fingerprint density at radius 3 is 2.68 bits per heavy atom. The zero-order valence-corrected chi connectivity index (χ0v) is 15.8. The molecule has 1 heterocycles. The predicted octanol–water partition coefficient (Wildman–Crippen LogP) is 3.10. The summed E-state index contributed by atoms with van der Waals surface area (Å²) in [7, 11) is 0. The summed E-state index contributed by atoms with van der Waals surface area (Å²) in [5.74, 6) is 1.65. The molecule has 3 N–H and O–H groups in total. The third-order valence-corrected chi connectivity index (χ3v) is 5.12. The van der Waals surface area contributed by atoms with Gasteiger partial charge in [0.2, 0.25) is 5.91 Å². The van der Waals surface area contributed by atoms with Gasteiger partial charge in [0, 0.05) is 12.6 Å². The number of rotatable bonds is 5. The first-order chi connectivity index (χ1) is 11.7. The van der Waals surface area contributed by atoms with Crippen molar-refractivity contribution in [3.8, 4) is 11.5 Å². The minimum absolute atomic E-state index is 0. The molecule has 1 fully saturated rings. The summed E-state index contributed by atoms with van der Waals surface area (Å²) < 4.78 is 11.1. The van der Waals surface area contributed by atoms with Crippen molar-refractivity contribution in [2.75, 3.05) is 19.8 Å². The number of carbonyl (C=O) groups is 1. The summed E-state index contributed by atoms with van der Waals surface area (Å²) in [4.78, 5) is 12.4. The number of nitrogens with two attached hydrogens (primary N) is 1. The van der Waals surface area contributed by atoms with Gasteiger partial charge in [0.25, 0.3) is 0 Å². The van der Waals surface area contributed by atoms with E-state index in [0.29, 0.717) is 42.2 Å². The highest BCUT2D eigenvalue weighted by atomic mass is 35.5. The molecule has 1 saturated carbocycles. The van der Waals surface area contributed by atoms with E-state index in [1.807, 2.05) is 6.07 Å². The average Bonchev–Trinajstić information content (AvgIpc) is 2.60. The molecule has 1 unspecified atom stereocenters. The monoisotopic (exact) mass is 388 g/mol. The highest BCUT2D eigenvalue weighted by molar-refractivity contribution is 6.32. The van der Waals surface area contributed by atoms with Crippen molar-refractivity contribution in [3.05, 3.63) is 22.7 Å². The lowest BCUT2D eigenvalue weighted by molar-refractivity contribution is -0.121. The summed E-state index contributed by atoms with van der Waals surface area (Å²) >= 11 is 6.23. The topological polar surface area (TPSA) is 73.6 Å². The molecular formula is C18H26Cl2N2O3. The van der Waals surface area contributed by atoms with Crippen LogP contribution in [0.25, 0.3) is 0 Å². The average molecular weight is 389 g/mol. The molecule has 0 spiro atoms. The standard InChI is InChI=1S/C18H25ClN2O3.ClH/c19-14-8-12(9-16-18(14)24-7-6-23-16)10-17(22)21-15(11-20)13-4-2-1-3-5-13;/h8-9,13,15H,1-7,10-11,20H2,(H,21,22);1H. The van der Waals surface area contributed by atoms with Gasteiger partial charge in [0.05, 0.1) is 11.4 Å². The van der Waals surface area contributed by atoms with Gasteiger partial charge in [-0.3, -0.25) is 4.79 Å². The number of amides is 1. The molecule has 1 aliphatic heterocycles. The van der Waals surface area contributed by atoms with Crippen molar-refractivity contribution in [1.82, 2.24) is 5.32 Å². The molecule has 5 nitrogen and oxygen atoms in total. The molecule has 3 rings (SSSR count). The first kappa shape index (κ1) is 20.1. The van der Waals surface area contributed by atoms with Crippen molar-refractivity contribution >= 4 is 29.9 Å². The minimum atomic E-state index is -0.0243. The summed E-state index contributed by atoms with van der Waals surface area (Å²) in [6, 6.07) is 3.66. The Bertz CT molecular complexity index is 592. The fraction of sp³-hybridized carbons (Fsp3) is 0.611. The second kappa shape index (κ2) is 9.51. The van der Waals surface area contributed by atoms with E-state index in [1.54, 1.807) is 6.07 Å². The molecular weight excluding hydrogens is 363 g/mol. The van der Waals surface area contributed by atoms with Gasteiger partial charge in [0.15, 0.2) is 11.5 Å². The van der Waals surface area contributed by atoms with Gasteiger partial charge in [0.1, 0.15) is 13.2 Å². The van der Waals surface area contributed by atoms with Crippen LogP contribution in [0.15, 0.2) is 12.1 Å². The van der Waals surface area contributed by atoms with E-state index in [-0.39, 0.29) is 30.8 Å². The van der Waals surface area contributed by atoms with E-state index in [0.717, 1.165) is 18.4 Å². The summed E-state index contributed by atoms with van der Waals surface area (Å²) in [5, 5.41) is 3.59. The lowest BCUT2D eigenvalue weighted by Crippen LogP contribution is -2.46. The molecule has 1 atom stereocenters. The molecule has 140 valence electrons. The number of halogens is 2. The van der Waals surface area contributed by atoms with Gasteiger partial charge >= 0.3 is 0 Å². The fourth-order valence-corrected chi connectivity index (χ4v) is 3.90. The minimum Gasteiger partial charge on any atom is -0.486 e. The maximum absolute atomic E-state index is 12.4. The third-order valence-electron chi connectivity index (χ3n) is 4.84. The van der Waals surface area contributed by atoms with Crippen LogP contribution in [0.5, 0.6) is 11.5 Å². The smallest absolute Gasteiger partial charge is 0.224 e. The summed E-state index contributed by atoms with van der Waals surface area (Å²) in [5.41, 5.74) is 6.71. The molecule has 7 heteroatoms. The molecule has 0 aromatic heterocycles. The fourth-order valence-electron chi connectivity index (χ4n) is 3.62. The largest absolute Gasteiger partial charge is 0.486 e. The van der Waals surface area contributed by atoms with Crippen LogP contribution >= 0.6 is 24.0 Å². The number of carbonyl (C=O) groups excluding carboxylic acids is 1. The molecule has 25 heavy (non-hydrogen) atoms. The highest BCUT2D eigenvalue weighted by Gasteiger charge is 2.24. The first-order valence-electron chi connectivity index (χ1n) is 8.75. The van der Waals surface area contributed by atoms with Crippen molar-refractivity contribution < 1.29 is 14.3 Å². The Kier molecular flexibility index (Phi) is 7.66. The Morgan fingerprint density at radius 2 is 1.96 bits per heavy atom. The Morgan fingerprint density at radius 1 is 1.24 bits per heavy atom. The zero-order chi connectivity index (χ0) is 16.9. The summed E-state index contributed by atoms with van der Waals surface area (Å²) in [6.07, 6.45) is 6.32. The number of nitrogens with one attached hydrogen (secondary N) is 1. The van der Waals surface area contributed by atoms with Crippen LogP contribution in [0.1, 0.15) is 37.7 Å². The maximum Gasteiger partial charge on any atom is 0.224 e. The van der Waals surface area contributed by atoms with Crippen LogP contribution in [0.2, 0.25) is 5.02 Å². The molecule has 0 saturated heterocycles. The quantitative estimate of drug-likeness (QED) is 0.812. The number of benzene rings is 1. The molecule has 0 bridgehead atoms. The lowest BCUT2D eigenvalue weighted by atomic mass is 9.84. The molecule has 2 aliphatic rings. The maximum atomic E-state index is 12.4. The molecule has 1 aliphatic carbocycles. The Hall–Kier alpha value is -1.17. The third kappa shape index (κ3) is 5.16. The van der Waals surface area contributed by atoms with Crippen LogP contribution in [0, 0.1) is 5.92 Å². The van der Waals surface area contributed by atoms with E-state index in [1.165, 1.54) is 19.3 Å². The predicted molar refractivity (Wildman–Crippen MR) is 101 cm³/mol. The molecule has 1 aromatic carbocycles. The normalized spacial score (nSPS) is 18.2. The van der Waals surface area contributed by atoms with E-state index < -0.39 is 0 Å². The van der Waals surface area contributed by atoms with E-state index in [9.17, 15) is 4.79 Å². The van der Waals surface area contributed by atoms with Gasteiger partial charge in [-0.15, -0.1) is 12.4 Å². The van der Waals surface area contributed by atoms with Crippen molar-refractivity contribution in [3.63, 3.8) is 0 Å². The van der Waals surface area contributed by atoms with Crippen LogP contribution in [0.3, 0.4) is 0 Å². The summed E-state index contributed by atoms with van der Waals surface area (Å²) in [6.45, 7) is 1.47. The van der Waals surface area contributed by atoms with Crippen LogP contribution in [0.4, 0.5) is 0 Å². The first-order valence-corrected chi connectivity index (χ1v) is 9.12. The highest BCUT2D eigenvalue weighted by Crippen LogP contribution is 2.38. The Labute approximate surface area is 160 Å². The number of ether oxygens (including phenoxy) is 2. The van der Waals surface area contributed by atoms with E-state index in [4.69, 9.17) is 26.8 Å². The van der Waals surface area contributed by atoms with E-state index in [2.05, 4.69) is 5.32 Å². The van der Waals surface area contributed by atoms with Gasteiger partial charge in [-0.05, 0) is 36.5 Å². The number of hydrogen-bond donors (Lipinski definition) is 2. The van der Waals surface area contributed by atoms with Crippen LogP contribution in [-0.2, 0) is 11.2 Å². The van der Waals surface area contributed by atoms with Gasteiger partial charge < -0.3 is 20.5 Å². The second-order valence-electron chi connectivity index (χ2n) is 6.59. The second-order valence-corrected chi connectivity index (χ2v) is 6.99. The van der Waals surface area contributed by atoms with Crippen molar-refractivity contribution in [2.24, 2.45) is 11.7 Å². The lowest BCUT2D eigenvalue weighted by Gasteiger charge is -2.30. The van der Waals surface area contributed by atoms with Crippen molar-refractivity contribution in [1.29, 1.82) is 0 Å². The molecule has 0 radical (unpaired) electrons. The van der Waals surface area contributed by atoms with Gasteiger partial charge in [-0.1, -0.05) is 30.9 Å². The number of fused-ring (bicyclic) bond motifs is 1. The van der Waals surface area contributed by atoms with E-state index >= 15 is 0 Å². The van der Waals surface area contributed by atoms with Crippen molar-refractivity contribution in [2.45, 2.75) is 44.6 Å². The van der Waals surface area contributed by atoms with Gasteiger partial charge in [-0.25, -0.2) is 0 Å². The van der Waals surface area contributed by atoms with Crippen LogP contribution in [-0.4, -0.2) is 31.7 Å².